The number of hydrogen-bond donors (Lipinski definition) is 1. The maximum absolute atomic E-state index is 10.9. The number of nitrogens with one attached hydrogen (secondary N) is 1. The van der Waals surface area contributed by atoms with Gasteiger partial charge in [0, 0.05) is 0 Å². The predicted octanol–water partition coefficient (Wildman–Crippen LogP) is -2.26. The van der Waals surface area contributed by atoms with Gasteiger partial charge in [-0.1, -0.05) is 32.8 Å². The van der Waals surface area contributed by atoms with Gasteiger partial charge in [-0.25, -0.2) is 8.42 Å². The second-order valence-electron chi connectivity index (χ2n) is 3.19. The fourth-order valence-electron chi connectivity index (χ4n) is 1.09. The van der Waals surface area contributed by atoms with E-state index < -0.39 is 21.4 Å². The van der Waals surface area contributed by atoms with Gasteiger partial charge in [0.1, 0.15) is 15.5 Å². The minimum Gasteiger partial charge on any atom is -0.746 e. The van der Waals surface area contributed by atoms with E-state index in [0.29, 0.717) is 6.42 Å². The molecule has 0 aliphatic carbocycles. The van der Waals surface area contributed by atoms with Crippen molar-refractivity contribution in [3.8, 4) is 0 Å². The summed E-state index contributed by atoms with van der Waals surface area (Å²) in [6.07, 6.45) is 3.44. The first-order valence-corrected chi connectivity index (χ1v) is 6.26. The van der Waals surface area contributed by atoms with Crippen molar-refractivity contribution in [2.45, 2.75) is 38.0 Å². The van der Waals surface area contributed by atoms with Gasteiger partial charge in [-0.15, -0.1) is 0 Å². The summed E-state index contributed by atoms with van der Waals surface area (Å²) in [5.74, 6) is -0.643. The molecule has 0 aliphatic rings. The quantitative estimate of drug-likeness (QED) is 0.241. The molecule has 0 aromatic heterocycles. The summed E-state index contributed by atoms with van der Waals surface area (Å²) in [4.78, 5) is 10.9. The number of rotatable bonds is 7. The summed E-state index contributed by atoms with van der Waals surface area (Å²) in [7, 11) is -4.48. The Hall–Kier alpha value is 0.120. The van der Waals surface area contributed by atoms with Crippen molar-refractivity contribution in [1.82, 2.24) is 5.32 Å². The number of carbonyl (C=O) groups is 1. The third kappa shape index (κ3) is 8.29. The zero-order valence-corrected chi connectivity index (χ0v) is 12.5. The molecule has 16 heavy (non-hydrogen) atoms. The zero-order valence-electron chi connectivity index (χ0n) is 9.73. The van der Waals surface area contributed by atoms with Crippen molar-refractivity contribution < 1.29 is 47.3 Å². The standard InChI is InChI=1S/C9H17NO4S.Na/c1-3-5-6-7-9(15(12,13)14)10-8(11)4-2;/h4,9H,2-3,5-7H2,1H3,(H,10,11)(H,12,13,14);/q;+1/p-1. The van der Waals surface area contributed by atoms with Gasteiger partial charge >= 0.3 is 29.6 Å². The first-order valence-electron chi connectivity index (χ1n) is 4.79. The van der Waals surface area contributed by atoms with Crippen molar-refractivity contribution in [2.24, 2.45) is 0 Å². The molecule has 0 saturated heterocycles. The molecule has 1 amide bonds. The fourth-order valence-corrected chi connectivity index (χ4v) is 1.80. The molecule has 0 radical (unpaired) electrons. The fraction of sp³-hybridized carbons (Fsp3) is 0.667. The molecule has 1 N–H and O–H groups in total. The second-order valence-corrected chi connectivity index (χ2v) is 4.74. The van der Waals surface area contributed by atoms with Gasteiger partial charge in [0.2, 0.25) is 5.91 Å². The van der Waals surface area contributed by atoms with E-state index in [0.717, 1.165) is 18.9 Å². The Morgan fingerprint density at radius 1 is 1.50 bits per heavy atom. The molecule has 88 valence electrons. The molecule has 1 atom stereocenters. The van der Waals surface area contributed by atoms with Gasteiger partial charge in [-0.3, -0.25) is 4.79 Å². The smallest absolute Gasteiger partial charge is 0.746 e. The maximum atomic E-state index is 10.9. The molecule has 0 aromatic carbocycles. The molecule has 0 aliphatic heterocycles. The topological polar surface area (TPSA) is 86.3 Å². The van der Waals surface area contributed by atoms with Crippen LogP contribution in [0.25, 0.3) is 0 Å². The van der Waals surface area contributed by atoms with Crippen LogP contribution in [0.1, 0.15) is 32.6 Å². The van der Waals surface area contributed by atoms with Crippen LogP contribution in [-0.4, -0.2) is 24.3 Å². The third-order valence-corrected chi connectivity index (χ3v) is 2.96. The Kier molecular flexibility index (Phi) is 10.6. The summed E-state index contributed by atoms with van der Waals surface area (Å²) in [6.45, 7) is 5.14. The Morgan fingerprint density at radius 3 is 2.44 bits per heavy atom. The van der Waals surface area contributed by atoms with Gasteiger partial charge in [0.05, 0.1) is 0 Å². The van der Waals surface area contributed by atoms with Gasteiger partial charge in [-0.2, -0.15) is 0 Å². The molecule has 1 unspecified atom stereocenters. The average molecular weight is 257 g/mol. The number of unbranched alkanes of at least 4 members (excludes halogenated alkanes) is 2. The normalized spacial score (nSPS) is 12.4. The van der Waals surface area contributed by atoms with Crippen LogP contribution in [-0.2, 0) is 14.9 Å². The van der Waals surface area contributed by atoms with E-state index in [1.165, 1.54) is 0 Å². The Bertz CT molecular complexity index is 315. The van der Waals surface area contributed by atoms with Crippen molar-refractivity contribution >= 4 is 16.0 Å². The van der Waals surface area contributed by atoms with Crippen LogP contribution in [0.2, 0.25) is 0 Å². The van der Waals surface area contributed by atoms with E-state index in [-0.39, 0.29) is 36.0 Å². The van der Waals surface area contributed by atoms with E-state index in [4.69, 9.17) is 0 Å². The third-order valence-electron chi connectivity index (χ3n) is 1.91. The van der Waals surface area contributed by atoms with Gasteiger partial charge < -0.3 is 9.87 Å². The molecule has 0 fully saturated rings. The molecule has 0 bridgehead atoms. The molecule has 5 nitrogen and oxygen atoms in total. The van der Waals surface area contributed by atoms with Crippen molar-refractivity contribution in [3.05, 3.63) is 12.7 Å². The van der Waals surface area contributed by atoms with Crippen LogP contribution in [0.5, 0.6) is 0 Å². The van der Waals surface area contributed by atoms with Gasteiger partial charge in [0.25, 0.3) is 0 Å². The van der Waals surface area contributed by atoms with Crippen LogP contribution in [0, 0.1) is 0 Å². The minimum absolute atomic E-state index is 0. The van der Waals surface area contributed by atoms with Crippen LogP contribution < -0.4 is 34.9 Å². The zero-order chi connectivity index (χ0) is 11.9. The van der Waals surface area contributed by atoms with Gasteiger partial charge in [-0.05, 0) is 12.5 Å². The first-order chi connectivity index (χ1) is 6.91. The van der Waals surface area contributed by atoms with Crippen LogP contribution >= 0.6 is 0 Å². The molecule has 0 saturated carbocycles. The Labute approximate surface area is 119 Å². The van der Waals surface area contributed by atoms with Crippen molar-refractivity contribution in [1.29, 1.82) is 0 Å². The summed E-state index contributed by atoms with van der Waals surface area (Å²) >= 11 is 0. The van der Waals surface area contributed by atoms with Crippen LogP contribution in [0.3, 0.4) is 0 Å². The van der Waals surface area contributed by atoms with E-state index in [1.54, 1.807) is 0 Å². The molecule has 0 heterocycles. The summed E-state index contributed by atoms with van der Waals surface area (Å²) in [5, 5.41) is 0.770. The van der Waals surface area contributed by atoms with Gasteiger partial charge in [0.15, 0.2) is 0 Å². The Balaban J connectivity index is 0. The molecule has 0 aromatic rings. The van der Waals surface area contributed by atoms with Crippen molar-refractivity contribution in [3.63, 3.8) is 0 Å². The second kappa shape index (κ2) is 9.18. The summed E-state index contributed by atoms with van der Waals surface area (Å²) < 4.78 is 32.3. The number of amides is 1. The SMILES string of the molecule is C=CC(=O)NC(CCCCC)S(=O)(=O)[O-].[Na+]. The van der Waals surface area contributed by atoms with E-state index >= 15 is 0 Å². The molecule has 0 rings (SSSR count). The molecular formula is C9H16NNaO4S. The summed E-state index contributed by atoms with van der Waals surface area (Å²) in [6, 6.07) is 0. The van der Waals surface area contributed by atoms with Crippen molar-refractivity contribution in [2.75, 3.05) is 0 Å². The minimum atomic E-state index is -4.48. The Morgan fingerprint density at radius 2 is 2.06 bits per heavy atom. The molecule has 0 spiro atoms. The number of hydrogen-bond acceptors (Lipinski definition) is 4. The average Bonchev–Trinajstić information content (AvgIpc) is 2.14. The van der Waals surface area contributed by atoms with E-state index in [1.807, 2.05) is 6.92 Å². The number of carbonyl (C=O) groups excluding carboxylic acids is 1. The largest absolute Gasteiger partial charge is 1.00 e. The molecular weight excluding hydrogens is 241 g/mol. The predicted molar refractivity (Wildman–Crippen MR) is 56.0 cm³/mol. The molecule has 7 heteroatoms. The van der Waals surface area contributed by atoms with E-state index in [9.17, 15) is 17.8 Å². The monoisotopic (exact) mass is 257 g/mol. The first kappa shape index (κ1) is 18.5. The van der Waals surface area contributed by atoms with Crippen LogP contribution in [0.15, 0.2) is 12.7 Å². The maximum Gasteiger partial charge on any atom is 1.00 e. The van der Waals surface area contributed by atoms with Crippen LogP contribution in [0.4, 0.5) is 0 Å². The summed E-state index contributed by atoms with van der Waals surface area (Å²) in [5.41, 5.74) is 0. The van der Waals surface area contributed by atoms with E-state index in [2.05, 4.69) is 11.9 Å².